The lowest BCUT2D eigenvalue weighted by Crippen LogP contribution is -1.87. The molecule has 2 aromatic rings. The van der Waals surface area contributed by atoms with Gasteiger partial charge < -0.3 is 0 Å². The monoisotopic (exact) mass is 245 g/mol. The van der Waals surface area contributed by atoms with Crippen molar-refractivity contribution in [2.75, 3.05) is 0 Å². The van der Waals surface area contributed by atoms with Gasteiger partial charge >= 0.3 is 0 Å². The van der Waals surface area contributed by atoms with Gasteiger partial charge in [0.1, 0.15) is 6.29 Å². The first kappa shape index (κ1) is 11.8. The fourth-order valence-electron chi connectivity index (χ4n) is 1.70. The highest BCUT2D eigenvalue weighted by Gasteiger charge is 2.04. The lowest BCUT2D eigenvalue weighted by atomic mass is 10.1. The zero-order chi connectivity index (χ0) is 12.3. The third kappa shape index (κ3) is 2.37. The topological polar surface area (TPSA) is 30.0 Å². The largest absolute Gasteiger partial charge is 0.298 e. The van der Waals surface area contributed by atoms with Gasteiger partial charge in [0.2, 0.25) is 0 Å². The summed E-state index contributed by atoms with van der Waals surface area (Å²) in [5.41, 5.74) is 2.50. The third-order valence-corrected chi connectivity index (χ3v) is 2.98. The second kappa shape index (κ2) is 5.11. The summed E-state index contributed by atoms with van der Waals surface area (Å²) >= 11 is 6.10. The van der Waals surface area contributed by atoms with Gasteiger partial charge in [0, 0.05) is 17.1 Å². The molecule has 0 atom stereocenters. The Labute approximate surface area is 105 Å². The zero-order valence-corrected chi connectivity index (χ0v) is 10.2. The quantitative estimate of drug-likeness (QED) is 0.607. The van der Waals surface area contributed by atoms with E-state index in [4.69, 9.17) is 11.6 Å². The molecule has 0 radical (unpaired) electrons. The molecule has 2 rings (SSSR count). The summed E-state index contributed by atoms with van der Waals surface area (Å²) < 4.78 is 0. The molecule has 17 heavy (non-hydrogen) atoms. The Kier molecular flexibility index (Phi) is 3.55. The maximum absolute atomic E-state index is 10.8. The average molecular weight is 246 g/mol. The molecule has 0 aliphatic carbocycles. The summed E-state index contributed by atoms with van der Waals surface area (Å²) in [4.78, 5) is 15.1. The van der Waals surface area contributed by atoms with Crippen molar-refractivity contribution < 1.29 is 4.79 Å². The van der Waals surface area contributed by atoms with E-state index in [1.54, 1.807) is 6.20 Å². The summed E-state index contributed by atoms with van der Waals surface area (Å²) in [5, 5.41) is 1.58. The lowest BCUT2D eigenvalue weighted by molar-refractivity contribution is -0.104. The number of aldehydes is 1. The summed E-state index contributed by atoms with van der Waals surface area (Å²) in [6, 6.07) is 7.49. The summed E-state index contributed by atoms with van der Waals surface area (Å²) in [7, 11) is 0. The van der Waals surface area contributed by atoms with Gasteiger partial charge in [-0.25, -0.2) is 0 Å². The number of allylic oxidation sites excluding steroid dienone is 1. The van der Waals surface area contributed by atoms with Crippen LogP contribution in [-0.2, 0) is 4.79 Å². The molecule has 0 saturated carbocycles. The predicted molar refractivity (Wildman–Crippen MR) is 71.1 cm³/mol. The Morgan fingerprint density at radius 3 is 2.94 bits per heavy atom. The number of nitrogens with zero attached hydrogens (tertiary/aromatic N) is 1. The number of carbonyl (C=O) groups excluding carboxylic acids is 1. The van der Waals surface area contributed by atoms with Gasteiger partial charge in [0.15, 0.2) is 0 Å². The highest BCUT2D eigenvalue weighted by atomic mass is 35.5. The maximum atomic E-state index is 10.8. The van der Waals surface area contributed by atoms with E-state index in [2.05, 4.69) is 4.98 Å². The highest BCUT2D eigenvalue weighted by Crippen LogP contribution is 2.26. The van der Waals surface area contributed by atoms with E-state index in [0.29, 0.717) is 11.4 Å². The Hall–Kier alpha value is -1.67. The fraction of sp³-hybridized carbons (Fsp3) is 0.143. The van der Waals surface area contributed by atoms with Gasteiger partial charge in [-0.3, -0.25) is 9.78 Å². The van der Waals surface area contributed by atoms with E-state index in [0.717, 1.165) is 28.3 Å². The minimum atomic E-state index is 0.675. The molecule has 0 bridgehead atoms. The zero-order valence-electron chi connectivity index (χ0n) is 9.48. The Bertz CT molecular complexity index is 590. The number of hydrogen-bond donors (Lipinski definition) is 0. The molecule has 0 amide bonds. The van der Waals surface area contributed by atoms with E-state index >= 15 is 0 Å². The van der Waals surface area contributed by atoms with Gasteiger partial charge in [-0.2, -0.15) is 0 Å². The van der Waals surface area contributed by atoms with Crippen LogP contribution in [0.5, 0.6) is 0 Å². The van der Waals surface area contributed by atoms with Crippen LogP contribution in [0.2, 0.25) is 5.02 Å². The van der Waals surface area contributed by atoms with E-state index in [-0.39, 0.29) is 0 Å². The normalized spacial score (nSPS) is 11.8. The first-order chi connectivity index (χ1) is 8.26. The van der Waals surface area contributed by atoms with Crippen LogP contribution in [0.4, 0.5) is 0 Å². The van der Waals surface area contributed by atoms with Crippen molar-refractivity contribution in [3.63, 3.8) is 0 Å². The Balaban J connectivity index is 2.67. The SMILES string of the molecule is CC/C(C=O)=C/c1ccc(Cl)c2cccnc12. The van der Waals surface area contributed by atoms with Crippen molar-refractivity contribution in [2.45, 2.75) is 13.3 Å². The molecule has 0 N–H and O–H groups in total. The van der Waals surface area contributed by atoms with Crippen LogP contribution in [0, 0.1) is 0 Å². The van der Waals surface area contributed by atoms with E-state index in [1.807, 2.05) is 37.3 Å². The smallest absolute Gasteiger partial charge is 0.146 e. The molecular formula is C14H12ClNO. The molecule has 0 unspecified atom stereocenters. The van der Waals surface area contributed by atoms with Crippen molar-refractivity contribution in [3.8, 4) is 0 Å². The second-order valence-electron chi connectivity index (χ2n) is 3.73. The molecule has 3 heteroatoms. The van der Waals surface area contributed by atoms with Crippen LogP contribution in [0.15, 0.2) is 36.0 Å². The summed E-state index contributed by atoms with van der Waals surface area (Å²) in [6.07, 6.45) is 5.17. The molecule has 0 spiro atoms. The number of hydrogen-bond acceptors (Lipinski definition) is 2. The van der Waals surface area contributed by atoms with Crippen molar-refractivity contribution >= 4 is 34.9 Å². The lowest BCUT2D eigenvalue weighted by Gasteiger charge is -2.04. The van der Waals surface area contributed by atoms with E-state index in [9.17, 15) is 4.79 Å². The molecule has 0 fully saturated rings. The highest BCUT2D eigenvalue weighted by molar-refractivity contribution is 6.35. The maximum Gasteiger partial charge on any atom is 0.146 e. The molecule has 86 valence electrons. The van der Waals surface area contributed by atoms with Crippen LogP contribution >= 0.6 is 11.6 Å². The molecule has 1 aromatic carbocycles. The first-order valence-electron chi connectivity index (χ1n) is 5.45. The average Bonchev–Trinajstić information content (AvgIpc) is 2.38. The van der Waals surface area contributed by atoms with Gasteiger partial charge in [0.25, 0.3) is 0 Å². The number of benzene rings is 1. The van der Waals surface area contributed by atoms with Gasteiger partial charge in [-0.05, 0) is 36.3 Å². The van der Waals surface area contributed by atoms with Crippen LogP contribution in [-0.4, -0.2) is 11.3 Å². The number of fused-ring (bicyclic) bond motifs is 1. The predicted octanol–water partition coefficient (Wildman–Crippen LogP) is 3.88. The molecule has 0 aliphatic heterocycles. The molecule has 0 aliphatic rings. The molecule has 2 nitrogen and oxygen atoms in total. The van der Waals surface area contributed by atoms with E-state index in [1.165, 1.54) is 0 Å². The van der Waals surface area contributed by atoms with Crippen molar-refractivity contribution in [1.29, 1.82) is 0 Å². The third-order valence-electron chi connectivity index (χ3n) is 2.65. The van der Waals surface area contributed by atoms with E-state index < -0.39 is 0 Å². The van der Waals surface area contributed by atoms with Crippen LogP contribution < -0.4 is 0 Å². The molecular weight excluding hydrogens is 234 g/mol. The minimum absolute atomic E-state index is 0.675. The minimum Gasteiger partial charge on any atom is -0.298 e. The Morgan fingerprint density at radius 1 is 1.41 bits per heavy atom. The summed E-state index contributed by atoms with van der Waals surface area (Å²) in [6.45, 7) is 1.95. The van der Waals surface area contributed by atoms with Gasteiger partial charge in [-0.1, -0.05) is 24.6 Å². The van der Waals surface area contributed by atoms with Crippen LogP contribution in [0.1, 0.15) is 18.9 Å². The van der Waals surface area contributed by atoms with Crippen molar-refractivity contribution in [2.24, 2.45) is 0 Å². The van der Waals surface area contributed by atoms with Crippen molar-refractivity contribution in [3.05, 3.63) is 46.6 Å². The Morgan fingerprint density at radius 2 is 2.24 bits per heavy atom. The number of rotatable bonds is 3. The second-order valence-corrected chi connectivity index (χ2v) is 4.13. The number of pyridine rings is 1. The van der Waals surface area contributed by atoms with Crippen molar-refractivity contribution in [1.82, 2.24) is 4.98 Å². The molecule has 0 saturated heterocycles. The number of carbonyl (C=O) groups is 1. The fourth-order valence-corrected chi connectivity index (χ4v) is 1.91. The number of aromatic nitrogens is 1. The molecule has 1 aromatic heterocycles. The van der Waals surface area contributed by atoms with Crippen LogP contribution in [0.25, 0.3) is 17.0 Å². The summed E-state index contributed by atoms with van der Waals surface area (Å²) in [5.74, 6) is 0. The van der Waals surface area contributed by atoms with Gasteiger partial charge in [0.05, 0.1) is 10.5 Å². The number of halogens is 1. The van der Waals surface area contributed by atoms with Gasteiger partial charge in [-0.15, -0.1) is 0 Å². The first-order valence-corrected chi connectivity index (χ1v) is 5.83. The standard InChI is InChI=1S/C14H12ClNO/c1-2-10(9-17)8-11-5-6-13(15)12-4-3-7-16-14(11)12/h3-9H,2H2,1H3/b10-8-. The molecule has 1 heterocycles. The van der Waals surface area contributed by atoms with Crippen LogP contribution in [0.3, 0.4) is 0 Å².